The lowest BCUT2D eigenvalue weighted by atomic mass is 9.92. The summed E-state index contributed by atoms with van der Waals surface area (Å²) in [5, 5.41) is 4.86. The van der Waals surface area contributed by atoms with Crippen molar-refractivity contribution in [3.05, 3.63) is 17.8 Å². The molecule has 0 saturated heterocycles. The van der Waals surface area contributed by atoms with Gasteiger partial charge in [-0.05, 0) is 12.1 Å². The van der Waals surface area contributed by atoms with Gasteiger partial charge in [-0.2, -0.15) is 0 Å². The molecule has 5 nitrogen and oxygen atoms in total. The molecular formula is C10H16N2O3S. The number of primary sulfonamides is 1. The molecule has 1 rings (SSSR count). The molecule has 0 atom stereocenters. The van der Waals surface area contributed by atoms with Gasteiger partial charge in [-0.25, -0.2) is 18.5 Å². The highest BCUT2D eigenvalue weighted by Gasteiger charge is 2.22. The molecule has 2 N–H and O–H groups in total. The van der Waals surface area contributed by atoms with Crippen molar-refractivity contribution in [2.45, 2.75) is 31.2 Å². The number of aromatic nitrogens is 1. The molecule has 6 heteroatoms. The maximum Gasteiger partial charge on any atom is 0.259 e. The van der Waals surface area contributed by atoms with Crippen LogP contribution in [-0.4, -0.2) is 20.5 Å². The Balaban J connectivity index is 3.46. The van der Waals surface area contributed by atoms with E-state index < -0.39 is 10.0 Å². The van der Waals surface area contributed by atoms with Gasteiger partial charge < -0.3 is 4.74 Å². The summed E-state index contributed by atoms with van der Waals surface area (Å²) in [7, 11) is -2.49. The predicted molar refractivity (Wildman–Crippen MR) is 60.9 cm³/mol. The molecule has 0 amide bonds. The molecule has 0 bridgehead atoms. The van der Waals surface area contributed by atoms with Gasteiger partial charge in [0.25, 0.3) is 10.0 Å². The molecule has 1 aromatic heterocycles. The van der Waals surface area contributed by atoms with E-state index in [0.717, 1.165) is 0 Å². The number of pyridine rings is 1. The van der Waals surface area contributed by atoms with Crippen LogP contribution in [0, 0.1) is 0 Å². The van der Waals surface area contributed by atoms with E-state index in [1.54, 1.807) is 12.1 Å². The highest BCUT2D eigenvalue weighted by molar-refractivity contribution is 7.89. The maximum atomic E-state index is 11.3. The molecule has 0 fully saturated rings. The zero-order valence-corrected chi connectivity index (χ0v) is 10.6. The van der Waals surface area contributed by atoms with E-state index in [1.807, 2.05) is 20.8 Å². The Labute approximate surface area is 95.7 Å². The molecule has 90 valence electrons. The lowest BCUT2D eigenvalue weighted by molar-refractivity contribution is 0.395. The number of methoxy groups -OCH3 is 1. The Bertz CT molecular complexity index is 489. The van der Waals surface area contributed by atoms with Gasteiger partial charge in [-0.1, -0.05) is 20.8 Å². The highest BCUT2D eigenvalue weighted by Crippen LogP contribution is 2.26. The summed E-state index contributed by atoms with van der Waals surface area (Å²) in [6, 6.07) is 3.29. The molecule has 0 aliphatic carbocycles. The van der Waals surface area contributed by atoms with Crippen LogP contribution in [0.2, 0.25) is 0 Å². The van der Waals surface area contributed by atoms with Gasteiger partial charge in [0.05, 0.1) is 7.11 Å². The maximum absolute atomic E-state index is 11.3. The van der Waals surface area contributed by atoms with Crippen LogP contribution in [0.5, 0.6) is 5.75 Å². The molecule has 0 aliphatic rings. The van der Waals surface area contributed by atoms with Crippen molar-refractivity contribution in [2.75, 3.05) is 7.11 Å². The molecule has 0 spiro atoms. The van der Waals surface area contributed by atoms with Crippen LogP contribution in [0.25, 0.3) is 0 Å². The van der Waals surface area contributed by atoms with Crippen LogP contribution in [0.3, 0.4) is 0 Å². The number of ether oxygens (including phenoxy) is 1. The fourth-order valence-electron chi connectivity index (χ4n) is 1.20. The quantitative estimate of drug-likeness (QED) is 0.842. The Kier molecular flexibility index (Phi) is 3.25. The standard InChI is InChI=1S/C10H16N2O3S/c1-10(2,3)8-6-5-7(15-4)9(12-8)16(11,13)14/h5-6H,1-4H3,(H2,11,13,14). The van der Waals surface area contributed by atoms with Crippen molar-refractivity contribution in [1.82, 2.24) is 4.98 Å². The lowest BCUT2D eigenvalue weighted by Gasteiger charge is -2.18. The van der Waals surface area contributed by atoms with Gasteiger partial charge in [-0.15, -0.1) is 0 Å². The third kappa shape index (κ3) is 2.70. The van der Waals surface area contributed by atoms with Gasteiger partial charge in [-0.3, -0.25) is 0 Å². The predicted octanol–water partition coefficient (Wildman–Crippen LogP) is 1.04. The van der Waals surface area contributed by atoms with Crippen LogP contribution in [-0.2, 0) is 15.4 Å². The fraction of sp³-hybridized carbons (Fsp3) is 0.500. The number of rotatable bonds is 2. The van der Waals surface area contributed by atoms with Crippen LogP contribution < -0.4 is 9.88 Å². The molecule has 0 aliphatic heterocycles. The summed E-state index contributed by atoms with van der Waals surface area (Å²) in [5.74, 6) is 0.163. The second-order valence-electron chi connectivity index (χ2n) is 4.50. The zero-order chi connectivity index (χ0) is 12.6. The molecular weight excluding hydrogens is 228 g/mol. The van der Waals surface area contributed by atoms with Crippen molar-refractivity contribution in [3.8, 4) is 5.75 Å². The van der Waals surface area contributed by atoms with E-state index in [0.29, 0.717) is 5.69 Å². The molecule has 1 aromatic rings. The smallest absolute Gasteiger partial charge is 0.259 e. The minimum Gasteiger partial charge on any atom is -0.494 e. The molecule has 0 unspecified atom stereocenters. The average Bonchev–Trinajstić information content (AvgIpc) is 2.14. The molecule has 0 radical (unpaired) electrons. The SMILES string of the molecule is COc1ccc(C(C)(C)C)nc1S(N)(=O)=O. The van der Waals surface area contributed by atoms with Crippen LogP contribution in [0.15, 0.2) is 17.2 Å². The Morgan fingerprint density at radius 3 is 2.25 bits per heavy atom. The van der Waals surface area contributed by atoms with Crippen LogP contribution >= 0.6 is 0 Å². The first-order chi connectivity index (χ1) is 7.16. The first kappa shape index (κ1) is 12.9. The average molecular weight is 244 g/mol. The highest BCUT2D eigenvalue weighted by atomic mass is 32.2. The second-order valence-corrected chi connectivity index (χ2v) is 5.98. The van der Waals surface area contributed by atoms with Gasteiger partial charge in [0.15, 0.2) is 5.75 Å². The molecule has 16 heavy (non-hydrogen) atoms. The summed E-state index contributed by atoms with van der Waals surface area (Å²) >= 11 is 0. The summed E-state index contributed by atoms with van der Waals surface area (Å²) < 4.78 is 27.6. The number of nitrogens with zero attached hydrogens (tertiary/aromatic N) is 1. The summed E-state index contributed by atoms with van der Waals surface area (Å²) in [6.07, 6.45) is 0. The third-order valence-corrected chi connectivity index (χ3v) is 2.91. The number of nitrogens with two attached hydrogens (primary N) is 1. The van der Waals surface area contributed by atoms with E-state index in [2.05, 4.69) is 4.98 Å². The zero-order valence-electron chi connectivity index (χ0n) is 9.81. The van der Waals surface area contributed by atoms with Crippen molar-refractivity contribution in [3.63, 3.8) is 0 Å². The Morgan fingerprint density at radius 1 is 1.31 bits per heavy atom. The molecule has 0 aromatic carbocycles. The monoisotopic (exact) mass is 244 g/mol. The minimum atomic E-state index is -3.86. The first-order valence-corrected chi connectivity index (χ1v) is 6.29. The summed E-state index contributed by atoms with van der Waals surface area (Å²) in [4.78, 5) is 4.05. The second kappa shape index (κ2) is 4.03. The topological polar surface area (TPSA) is 82.3 Å². The van der Waals surface area contributed by atoms with Gasteiger partial charge in [0.1, 0.15) is 0 Å². The van der Waals surface area contributed by atoms with Crippen molar-refractivity contribution in [2.24, 2.45) is 5.14 Å². The van der Waals surface area contributed by atoms with Crippen LogP contribution in [0.4, 0.5) is 0 Å². The van der Waals surface area contributed by atoms with E-state index in [1.165, 1.54) is 7.11 Å². The van der Waals surface area contributed by atoms with Crippen molar-refractivity contribution in [1.29, 1.82) is 0 Å². The fourth-order valence-corrected chi connectivity index (χ4v) is 1.86. The largest absolute Gasteiger partial charge is 0.494 e. The normalized spacial score (nSPS) is 12.6. The van der Waals surface area contributed by atoms with Gasteiger partial charge in [0, 0.05) is 11.1 Å². The van der Waals surface area contributed by atoms with Crippen molar-refractivity contribution < 1.29 is 13.2 Å². The lowest BCUT2D eigenvalue weighted by Crippen LogP contribution is -2.20. The molecule has 0 saturated carbocycles. The molecule has 1 heterocycles. The minimum absolute atomic E-state index is 0.163. The van der Waals surface area contributed by atoms with E-state index >= 15 is 0 Å². The third-order valence-electron chi connectivity index (χ3n) is 2.08. The van der Waals surface area contributed by atoms with Gasteiger partial charge >= 0.3 is 0 Å². The summed E-state index contributed by atoms with van der Waals surface area (Å²) in [6.45, 7) is 5.82. The number of hydrogen-bond acceptors (Lipinski definition) is 4. The van der Waals surface area contributed by atoms with Gasteiger partial charge in [0.2, 0.25) is 5.03 Å². The first-order valence-electron chi connectivity index (χ1n) is 4.74. The van der Waals surface area contributed by atoms with Crippen molar-refractivity contribution >= 4 is 10.0 Å². The van der Waals surface area contributed by atoms with E-state index in [4.69, 9.17) is 9.88 Å². The Hall–Kier alpha value is -1.14. The van der Waals surface area contributed by atoms with E-state index in [-0.39, 0.29) is 16.2 Å². The number of hydrogen-bond donors (Lipinski definition) is 1. The van der Waals surface area contributed by atoms with E-state index in [9.17, 15) is 8.42 Å². The van der Waals surface area contributed by atoms with Crippen LogP contribution in [0.1, 0.15) is 26.5 Å². The number of sulfonamides is 1. The summed E-state index contributed by atoms with van der Waals surface area (Å²) in [5.41, 5.74) is 0.406. The Morgan fingerprint density at radius 2 is 1.88 bits per heavy atom.